The van der Waals surface area contributed by atoms with Crippen molar-refractivity contribution < 1.29 is 14.7 Å². The van der Waals surface area contributed by atoms with E-state index in [2.05, 4.69) is 15.6 Å². The minimum Gasteiger partial charge on any atom is -0.477 e. The van der Waals surface area contributed by atoms with Crippen molar-refractivity contribution in [1.29, 1.82) is 0 Å². The van der Waals surface area contributed by atoms with Crippen molar-refractivity contribution in [1.82, 2.24) is 10.3 Å². The van der Waals surface area contributed by atoms with E-state index < -0.39 is 12.0 Å². The summed E-state index contributed by atoms with van der Waals surface area (Å²) in [6, 6.07) is 4.95. The molecule has 2 aromatic rings. The number of aryl methyl sites for hydroxylation is 1. The number of aromatic nitrogens is 1. The Morgan fingerprint density at radius 3 is 2.89 bits per heavy atom. The summed E-state index contributed by atoms with van der Waals surface area (Å²) in [5.74, 6) is -1.11. The maximum absolute atomic E-state index is 11.7. The Hall–Kier alpha value is -2.28. The average Bonchev–Trinajstić information content (AvgIpc) is 2.96. The largest absolute Gasteiger partial charge is 0.477 e. The average molecular weight is 279 g/mol. The number of aromatic carboxylic acids is 1. The first kappa shape index (κ1) is 13.2. The fourth-order valence-corrected chi connectivity index (χ4v) is 2.25. The van der Waals surface area contributed by atoms with Crippen molar-refractivity contribution >= 4 is 29.0 Å². The minimum absolute atomic E-state index is 0.0243. The van der Waals surface area contributed by atoms with E-state index in [1.54, 1.807) is 24.3 Å². The Morgan fingerprint density at radius 2 is 2.26 bits per heavy atom. The van der Waals surface area contributed by atoms with Gasteiger partial charge in [0, 0.05) is 10.6 Å². The van der Waals surface area contributed by atoms with Crippen LogP contribution in [0.2, 0.25) is 0 Å². The zero-order valence-electron chi connectivity index (χ0n) is 10.2. The van der Waals surface area contributed by atoms with Crippen LogP contribution in [0, 0.1) is 6.92 Å². The molecule has 0 aliphatic heterocycles. The maximum atomic E-state index is 11.7. The fourth-order valence-electron chi connectivity index (χ4n) is 1.60. The fraction of sp³-hybridized carbons (Fsp3) is 0.167. The highest BCUT2D eigenvalue weighted by Gasteiger charge is 2.15. The Bertz CT molecular complexity index is 589. The summed E-state index contributed by atoms with van der Waals surface area (Å²) in [5, 5.41) is 16.1. The van der Waals surface area contributed by atoms with Gasteiger partial charge in [-0.25, -0.2) is 9.59 Å². The van der Waals surface area contributed by atoms with E-state index >= 15 is 0 Å². The summed E-state index contributed by atoms with van der Waals surface area (Å²) < 4.78 is 0. The third-order valence-corrected chi connectivity index (χ3v) is 3.29. The summed E-state index contributed by atoms with van der Waals surface area (Å²) in [7, 11) is 0. The molecule has 19 heavy (non-hydrogen) atoms. The zero-order valence-corrected chi connectivity index (χ0v) is 11.0. The van der Waals surface area contributed by atoms with E-state index in [9.17, 15) is 9.59 Å². The van der Waals surface area contributed by atoms with E-state index in [-0.39, 0.29) is 11.4 Å². The number of urea groups is 1. The summed E-state index contributed by atoms with van der Waals surface area (Å²) in [6.07, 6.45) is 0. The molecule has 2 rings (SSSR count). The monoisotopic (exact) mass is 279 g/mol. The molecule has 0 aliphatic rings. The van der Waals surface area contributed by atoms with Crippen molar-refractivity contribution in [3.63, 3.8) is 0 Å². The number of thiophene rings is 1. The van der Waals surface area contributed by atoms with Gasteiger partial charge in [-0.1, -0.05) is 6.07 Å². The zero-order chi connectivity index (χ0) is 13.8. The number of carboxylic acid groups (broad SMARTS) is 1. The maximum Gasteiger partial charge on any atom is 0.354 e. The molecule has 0 bridgehead atoms. The second-order valence-corrected chi connectivity index (χ2v) is 4.97. The molecule has 0 spiro atoms. The number of carbonyl (C=O) groups is 2. The topological polar surface area (TPSA) is 94.2 Å². The molecule has 2 heterocycles. The van der Waals surface area contributed by atoms with Gasteiger partial charge in [-0.15, -0.1) is 11.3 Å². The predicted octanol–water partition coefficient (Wildman–Crippen LogP) is 2.40. The third-order valence-electron chi connectivity index (χ3n) is 2.42. The Kier molecular flexibility index (Phi) is 3.86. The molecule has 100 valence electrons. The molecule has 7 heteroatoms. The number of hydrogen-bond acceptors (Lipinski definition) is 3. The summed E-state index contributed by atoms with van der Waals surface area (Å²) in [5.41, 5.74) is 0.906. The van der Waals surface area contributed by atoms with E-state index in [0.717, 1.165) is 4.88 Å². The van der Waals surface area contributed by atoms with Crippen LogP contribution in [0.3, 0.4) is 0 Å². The van der Waals surface area contributed by atoms with Crippen molar-refractivity contribution in [2.75, 3.05) is 5.32 Å². The number of aromatic amines is 1. The minimum atomic E-state index is -1.11. The first-order valence-electron chi connectivity index (χ1n) is 5.56. The molecule has 0 saturated carbocycles. The van der Waals surface area contributed by atoms with Gasteiger partial charge in [0.1, 0.15) is 5.69 Å². The lowest BCUT2D eigenvalue weighted by Gasteiger charge is -2.05. The van der Waals surface area contributed by atoms with Gasteiger partial charge in [-0.05, 0) is 24.4 Å². The molecule has 0 saturated heterocycles. The summed E-state index contributed by atoms with van der Waals surface area (Å²) in [6.45, 7) is 2.14. The van der Waals surface area contributed by atoms with Gasteiger partial charge in [-0.2, -0.15) is 0 Å². The van der Waals surface area contributed by atoms with Crippen LogP contribution in [-0.4, -0.2) is 22.1 Å². The molecule has 0 fully saturated rings. The van der Waals surface area contributed by atoms with Crippen molar-refractivity contribution in [3.8, 4) is 0 Å². The summed E-state index contributed by atoms with van der Waals surface area (Å²) in [4.78, 5) is 26.3. The van der Waals surface area contributed by atoms with E-state index in [0.29, 0.717) is 12.2 Å². The number of hydrogen-bond donors (Lipinski definition) is 4. The Balaban J connectivity index is 1.97. The van der Waals surface area contributed by atoms with Crippen LogP contribution in [0.25, 0.3) is 0 Å². The highest BCUT2D eigenvalue weighted by molar-refractivity contribution is 7.09. The van der Waals surface area contributed by atoms with Crippen LogP contribution in [-0.2, 0) is 6.54 Å². The number of H-pyrrole nitrogens is 1. The molecule has 2 amide bonds. The highest BCUT2D eigenvalue weighted by Crippen LogP contribution is 2.16. The predicted molar refractivity (Wildman–Crippen MR) is 72.7 cm³/mol. The van der Waals surface area contributed by atoms with Crippen molar-refractivity contribution in [3.05, 3.63) is 39.8 Å². The molecule has 0 unspecified atom stereocenters. The van der Waals surface area contributed by atoms with Gasteiger partial charge >= 0.3 is 12.0 Å². The molecule has 2 aromatic heterocycles. The first-order valence-corrected chi connectivity index (χ1v) is 6.44. The molecule has 0 aromatic carbocycles. The van der Waals surface area contributed by atoms with Crippen LogP contribution >= 0.6 is 11.3 Å². The molecule has 0 radical (unpaired) electrons. The quantitative estimate of drug-likeness (QED) is 0.692. The SMILES string of the molecule is Cc1cc(NC(=O)NCc2cccs2)c(C(=O)O)[nH]1. The number of carbonyl (C=O) groups excluding carboxylic acids is 1. The molecule has 4 N–H and O–H groups in total. The lowest BCUT2D eigenvalue weighted by atomic mass is 10.3. The molecule has 0 atom stereocenters. The lowest BCUT2D eigenvalue weighted by molar-refractivity contribution is 0.0692. The van der Waals surface area contributed by atoms with Gasteiger partial charge in [-0.3, -0.25) is 0 Å². The van der Waals surface area contributed by atoms with Gasteiger partial charge in [0.05, 0.1) is 12.2 Å². The first-order chi connectivity index (χ1) is 9.06. The Labute approximate surface area is 113 Å². The number of nitrogens with one attached hydrogen (secondary N) is 3. The van der Waals surface area contributed by atoms with Crippen LogP contribution < -0.4 is 10.6 Å². The van der Waals surface area contributed by atoms with E-state index in [1.807, 2.05) is 17.5 Å². The normalized spacial score (nSPS) is 10.2. The smallest absolute Gasteiger partial charge is 0.354 e. The molecule has 6 nitrogen and oxygen atoms in total. The van der Waals surface area contributed by atoms with E-state index in [4.69, 9.17) is 5.11 Å². The van der Waals surface area contributed by atoms with Gasteiger partial charge < -0.3 is 20.7 Å². The standard InChI is InChI=1S/C12H13N3O3S/c1-7-5-9(10(14-7)11(16)17)15-12(18)13-6-8-3-2-4-19-8/h2-5,14H,6H2,1H3,(H,16,17)(H2,13,15,18). The number of rotatable bonds is 4. The molecular formula is C12H13N3O3S. The van der Waals surface area contributed by atoms with Crippen molar-refractivity contribution in [2.24, 2.45) is 0 Å². The van der Waals surface area contributed by atoms with Crippen molar-refractivity contribution in [2.45, 2.75) is 13.5 Å². The van der Waals surface area contributed by atoms with Crippen LogP contribution in [0.15, 0.2) is 23.6 Å². The number of carboxylic acids is 1. The van der Waals surface area contributed by atoms with Crippen LogP contribution in [0.4, 0.5) is 10.5 Å². The second kappa shape index (κ2) is 5.57. The van der Waals surface area contributed by atoms with Crippen LogP contribution in [0.5, 0.6) is 0 Å². The molecular weight excluding hydrogens is 266 g/mol. The van der Waals surface area contributed by atoms with Gasteiger partial charge in [0.25, 0.3) is 0 Å². The Morgan fingerprint density at radius 1 is 1.47 bits per heavy atom. The van der Waals surface area contributed by atoms with Gasteiger partial charge in [0.15, 0.2) is 0 Å². The molecule has 0 aliphatic carbocycles. The van der Waals surface area contributed by atoms with E-state index in [1.165, 1.54) is 0 Å². The number of amides is 2. The number of anilines is 1. The second-order valence-electron chi connectivity index (χ2n) is 3.93. The third kappa shape index (κ3) is 3.35. The lowest BCUT2D eigenvalue weighted by Crippen LogP contribution is -2.28. The van der Waals surface area contributed by atoms with Crippen LogP contribution in [0.1, 0.15) is 21.1 Å². The summed E-state index contributed by atoms with van der Waals surface area (Å²) >= 11 is 1.54. The highest BCUT2D eigenvalue weighted by atomic mass is 32.1. The van der Waals surface area contributed by atoms with Gasteiger partial charge in [0.2, 0.25) is 0 Å².